The lowest BCUT2D eigenvalue weighted by Crippen LogP contribution is -2.23. The maximum Gasteiger partial charge on any atom is 0.343 e. The van der Waals surface area contributed by atoms with Crippen molar-refractivity contribution >= 4 is 32.8 Å². The lowest BCUT2D eigenvalue weighted by molar-refractivity contribution is 0.0523. The van der Waals surface area contributed by atoms with E-state index in [1.54, 1.807) is 6.92 Å². The summed E-state index contributed by atoms with van der Waals surface area (Å²) in [4.78, 5) is 27.8. The molecule has 0 saturated carbocycles. The van der Waals surface area contributed by atoms with Crippen LogP contribution in [0.2, 0.25) is 0 Å². The second-order valence-corrected chi connectivity index (χ2v) is 6.29. The van der Waals surface area contributed by atoms with E-state index in [1.165, 1.54) is 6.07 Å². The van der Waals surface area contributed by atoms with Gasteiger partial charge in [0, 0.05) is 11.1 Å². The van der Waals surface area contributed by atoms with Crippen LogP contribution in [-0.4, -0.2) is 17.6 Å². The Bertz CT molecular complexity index is 783. The molecule has 0 saturated heterocycles. The third kappa shape index (κ3) is 3.21. The number of fused-ring (bicyclic) bond motifs is 1. The van der Waals surface area contributed by atoms with Gasteiger partial charge in [-0.2, -0.15) is 0 Å². The first-order valence-corrected chi connectivity index (χ1v) is 7.85. The third-order valence-electron chi connectivity index (χ3n) is 3.21. The summed E-state index contributed by atoms with van der Waals surface area (Å²) in [7, 11) is 0. The zero-order valence-corrected chi connectivity index (χ0v) is 14.2. The van der Waals surface area contributed by atoms with Crippen molar-refractivity contribution in [1.29, 1.82) is 0 Å². The molecule has 2 rings (SSSR count). The summed E-state index contributed by atoms with van der Waals surface area (Å²) in [6.07, 6.45) is 0.522. The molecule has 0 aliphatic carbocycles. The van der Waals surface area contributed by atoms with Gasteiger partial charge in [-0.05, 0) is 47.3 Å². The minimum atomic E-state index is -0.676. The summed E-state index contributed by atoms with van der Waals surface area (Å²) in [5.41, 5.74) is 0.463. The summed E-state index contributed by atoms with van der Waals surface area (Å²) < 4.78 is 18.9. The van der Waals surface area contributed by atoms with Gasteiger partial charge in [-0.1, -0.05) is 13.8 Å². The zero-order valence-electron chi connectivity index (χ0n) is 12.6. The Morgan fingerprint density at radius 1 is 1.41 bits per heavy atom. The fraction of sp³-hybridized carbons (Fsp3) is 0.375. The quantitative estimate of drug-likeness (QED) is 0.833. The van der Waals surface area contributed by atoms with Crippen LogP contribution in [0.5, 0.6) is 0 Å². The molecule has 1 heterocycles. The van der Waals surface area contributed by atoms with Crippen LogP contribution in [0.25, 0.3) is 10.9 Å². The van der Waals surface area contributed by atoms with Gasteiger partial charge in [0.1, 0.15) is 11.4 Å². The van der Waals surface area contributed by atoms with Gasteiger partial charge < -0.3 is 9.72 Å². The van der Waals surface area contributed by atoms with Gasteiger partial charge in [-0.3, -0.25) is 4.79 Å². The maximum absolute atomic E-state index is 13.7. The smallest absolute Gasteiger partial charge is 0.343 e. The standard InChI is InChI=1S/C16H17BrFNO3/c1-4-22-16(21)14-13(5-8(2)3)19-12-7-10(17)11(18)6-9(12)15(14)20/h6-8H,4-5H2,1-3H3,(H,19,20). The molecule has 0 atom stereocenters. The van der Waals surface area contributed by atoms with Crippen molar-refractivity contribution in [1.82, 2.24) is 4.98 Å². The molecule has 0 radical (unpaired) electrons. The molecule has 4 nitrogen and oxygen atoms in total. The normalized spacial score (nSPS) is 11.2. The zero-order chi connectivity index (χ0) is 16.4. The van der Waals surface area contributed by atoms with Gasteiger partial charge in [0.15, 0.2) is 0 Å². The number of rotatable bonds is 4. The molecule has 0 unspecified atom stereocenters. The van der Waals surface area contributed by atoms with Crippen LogP contribution in [0.4, 0.5) is 4.39 Å². The van der Waals surface area contributed by atoms with Crippen LogP contribution in [0.1, 0.15) is 36.8 Å². The SMILES string of the molecule is CCOC(=O)c1c(CC(C)C)[nH]c2cc(Br)c(F)cc2c1=O. The van der Waals surface area contributed by atoms with Crippen molar-refractivity contribution in [3.8, 4) is 0 Å². The van der Waals surface area contributed by atoms with Crippen LogP contribution < -0.4 is 5.43 Å². The highest BCUT2D eigenvalue weighted by Gasteiger charge is 2.21. The van der Waals surface area contributed by atoms with Crippen molar-refractivity contribution in [2.24, 2.45) is 5.92 Å². The largest absolute Gasteiger partial charge is 0.462 e. The Balaban J connectivity index is 2.78. The molecule has 6 heteroatoms. The maximum atomic E-state index is 13.7. The lowest BCUT2D eigenvalue weighted by Gasteiger charge is -2.13. The van der Waals surface area contributed by atoms with Crippen molar-refractivity contribution in [3.05, 3.63) is 43.9 Å². The number of carbonyl (C=O) groups excluding carboxylic acids is 1. The van der Waals surface area contributed by atoms with Gasteiger partial charge in [-0.15, -0.1) is 0 Å². The van der Waals surface area contributed by atoms with E-state index < -0.39 is 17.2 Å². The topological polar surface area (TPSA) is 59.2 Å². The van der Waals surface area contributed by atoms with Gasteiger partial charge in [0.2, 0.25) is 5.43 Å². The monoisotopic (exact) mass is 369 g/mol. The van der Waals surface area contributed by atoms with Crippen LogP contribution in [0.3, 0.4) is 0 Å². The van der Waals surface area contributed by atoms with E-state index in [-0.39, 0.29) is 27.9 Å². The van der Waals surface area contributed by atoms with Gasteiger partial charge in [0.05, 0.1) is 16.6 Å². The van der Waals surface area contributed by atoms with Crippen LogP contribution in [-0.2, 0) is 11.2 Å². The number of H-pyrrole nitrogens is 1. The number of esters is 1. The van der Waals surface area contributed by atoms with E-state index in [0.717, 1.165) is 6.07 Å². The molecule has 118 valence electrons. The number of ether oxygens (including phenoxy) is 1. The molecule has 0 aliphatic rings. The number of nitrogens with one attached hydrogen (secondary N) is 1. The number of aromatic nitrogens is 1. The molecule has 22 heavy (non-hydrogen) atoms. The summed E-state index contributed by atoms with van der Waals surface area (Å²) >= 11 is 3.10. The van der Waals surface area contributed by atoms with Gasteiger partial charge in [0.25, 0.3) is 0 Å². The van der Waals surface area contributed by atoms with E-state index in [1.807, 2.05) is 13.8 Å². The number of hydrogen-bond donors (Lipinski definition) is 1. The first-order valence-electron chi connectivity index (χ1n) is 7.06. The molecule has 0 amide bonds. The van der Waals surface area contributed by atoms with E-state index in [4.69, 9.17) is 4.74 Å². The highest BCUT2D eigenvalue weighted by atomic mass is 79.9. The summed E-state index contributed by atoms with van der Waals surface area (Å²) in [5, 5.41) is 0.135. The number of carbonyl (C=O) groups is 1. The number of hydrogen-bond acceptors (Lipinski definition) is 3. The Morgan fingerprint density at radius 3 is 2.68 bits per heavy atom. The van der Waals surface area contributed by atoms with Gasteiger partial charge >= 0.3 is 5.97 Å². The van der Waals surface area contributed by atoms with E-state index in [2.05, 4.69) is 20.9 Å². The van der Waals surface area contributed by atoms with Crippen LogP contribution >= 0.6 is 15.9 Å². The second-order valence-electron chi connectivity index (χ2n) is 5.44. The average molecular weight is 370 g/mol. The summed E-state index contributed by atoms with van der Waals surface area (Å²) in [6, 6.07) is 2.63. The lowest BCUT2D eigenvalue weighted by atomic mass is 10.0. The number of aromatic amines is 1. The highest BCUT2D eigenvalue weighted by Crippen LogP contribution is 2.22. The summed E-state index contributed by atoms with van der Waals surface area (Å²) in [5.74, 6) is -0.987. The average Bonchev–Trinajstić information content (AvgIpc) is 2.41. The van der Waals surface area contributed by atoms with Crippen molar-refractivity contribution in [3.63, 3.8) is 0 Å². The van der Waals surface area contributed by atoms with E-state index >= 15 is 0 Å². The van der Waals surface area contributed by atoms with E-state index in [9.17, 15) is 14.0 Å². The molecule has 0 bridgehead atoms. The fourth-order valence-electron chi connectivity index (χ4n) is 2.32. The molecular weight excluding hydrogens is 353 g/mol. The number of pyridine rings is 1. The molecule has 1 aromatic heterocycles. The van der Waals surface area contributed by atoms with Crippen molar-refractivity contribution in [2.75, 3.05) is 6.61 Å². The van der Waals surface area contributed by atoms with Crippen molar-refractivity contribution < 1.29 is 13.9 Å². The van der Waals surface area contributed by atoms with Crippen molar-refractivity contribution in [2.45, 2.75) is 27.2 Å². The second kappa shape index (κ2) is 6.60. The van der Waals surface area contributed by atoms with Crippen LogP contribution in [0, 0.1) is 11.7 Å². The van der Waals surface area contributed by atoms with Gasteiger partial charge in [-0.25, -0.2) is 9.18 Å². The minimum Gasteiger partial charge on any atom is -0.462 e. The molecule has 1 aromatic carbocycles. The number of halogens is 2. The Morgan fingerprint density at radius 2 is 2.09 bits per heavy atom. The van der Waals surface area contributed by atoms with Crippen LogP contribution in [0.15, 0.2) is 21.4 Å². The van der Waals surface area contributed by atoms with E-state index in [0.29, 0.717) is 17.6 Å². The number of benzene rings is 1. The Kier molecular flexibility index (Phi) is 5.01. The molecular formula is C16H17BrFNO3. The molecule has 2 aromatic rings. The first kappa shape index (κ1) is 16.7. The molecule has 0 spiro atoms. The predicted molar refractivity (Wildman–Crippen MR) is 86.7 cm³/mol. The predicted octanol–water partition coefficient (Wildman–Crippen LogP) is 3.80. The molecule has 0 aliphatic heterocycles. The molecule has 1 N–H and O–H groups in total. The minimum absolute atomic E-state index is 0.0372. The first-order chi connectivity index (χ1) is 10.3. The Hall–Kier alpha value is -1.69. The third-order valence-corrected chi connectivity index (χ3v) is 3.82. The Labute approximate surface area is 135 Å². The summed E-state index contributed by atoms with van der Waals surface area (Å²) in [6.45, 7) is 5.81. The fourth-order valence-corrected chi connectivity index (χ4v) is 2.66. The highest BCUT2D eigenvalue weighted by molar-refractivity contribution is 9.10. The molecule has 0 fully saturated rings.